The molecule has 0 radical (unpaired) electrons. The van der Waals surface area contributed by atoms with Crippen LogP contribution in [0.3, 0.4) is 0 Å². The third kappa shape index (κ3) is 3.55. The molecule has 5 heteroatoms. The highest BCUT2D eigenvalue weighted by molar-refractivity contribution is 5.35. The number of benzene rings is 1. The summed E-state index contributed by atoms with van der Waals surface area (Å²) in [6.45, 7) is 3.26. The van der Waals surface area contributed by atoms with Gasteiger partial charge in [-0.3, -0.25) is 4.90 Å². The average molecular weight is 300 g/mol. The van der Waals surface area contributed by atoms with Gasteiger partial charge in [0.2, 0.25) is 0 Å². The van der Waals surface area contributed by atoms with Gasteiger partial charge >= 0.3 is 0 Å². The highest BCUT2D eigenvalue weighted by atomic mass is 16.3. The molecule has 0 aliphatic carbocycles. The Labute approximate surface area is 131 Å². The Bertz CT molecular complexity index is 611. The molecule has 1 aliphatic heterocycles. The fourth-order valence-corrected chi connectivity index (χ4v) is 3.27. The van der Waals surface area contributed by atoms with Crippen molar-refractivity contribution in [3.05, 3.63) is 48.3 Å². The molecule has 3 rings (SSSR count). The van der Waals surface area contributed by atoms with E-state index in [-0.39, 0.29) is 0 Å². The normalized spacial score (nSPS) is 22.5. The molecule has 0 spiro atoms. The Hall–Kier alpha value is -1.69. The lowest BCUT2D eigenvalue weighted by molar-refractivity contribution is 0.0240. The molecule has 0 saturated carbocycles. The quantitative estimate of drug-likeness (QED) is 0.906. The van der Waals surface area contributed by atoms with Gasteiger partial charge in [-0.2, -0.15) is 5.10 Å². The van der Waals surface area contributed by atoms with E-state index in [0.29, 0.717) is 0 Å². The lowest BCUT2D eigenvalue weighted by Crippen LogP contribution is -2.42. The second-order valence-electron chi connectivity index (χ2n) is 6.54. The molecular formula is C17H24N4O. The first-order valence-corrected chi connectivity index (χ1v) is 7.73. The summed E-state index contributed by atoms with van der Waals surface area (Å²) in [5.74, 6) is 0. The molecule has 118 valence electrons. The van der Waals surface area contributed by atoms with Crippen LogP contribution >= 0.6 is 0 Å². The van der Waals surface area contributed by atoms with Crippen LogP contribution < -0.4 is 0 Å². The molecule has 0 amide bonds. The Morgan fingerprint density at radius 1 is 1.32 bits per heavy atom. The number of aliphatic hydroxyl groups is 1. The molecule has 1 N–H and O–H groups in total. The van der Waals surface area contributed by atoms with Gasteiger partial charge in [-0.15, -0.1) is 0 Å². The van der Waals surface area contributed by atoms with E-state index >= 15 is 0 Å². The van der Waals surface area contributed by atoms with Crippen molar-refractivity contribution in [2.45, 2.75) is 18.6 Å². The molecule has 0 unspecified atom stereocenters. The van der Waals surface area contributed by atoms with Gasteiger partial charge in [0.05, 0.1) is 11.3 Å². The van der Waals surface area contributed by atoms with Crippen molar-refractivity contribution in [1.82, 2.24) is 19.6 Å². The van der Waals surface area contributed by atoms with Crippen LogP contribution in [0.1, 0.15) is 12.0 Å². The molecule has 1 atom stereocenters. The van der Waals surface area contributed by atoms with E-state index in [0.717, 1.165) is 38.3 Å². The predicted octanol–water partition coefficient (Wildman–Crippen LogP) is 1.37. The summed E-state index contributed by atoms with van der Waals surface area (Å²) < 4.78 is 1.87. The number of nitrogens with zero attached hydrogens (tertiary/aromatic N) is 4. The van der Waals surface area contributed by atoms with Gasteiger partial charge in [0, 0.05) is 38.6 Å². The van der Waals surface area contributed by atoms with E-state index in [1.807, 2.05) is 31.0 Å². The third-order valence-electron chi connectivity index (χ3n) is 4.11. The lowest BCUT2D eigenvalue weighted by Gasteiger charge is -2.26. The van der Waals surface area contributed by atoms with E-state index in [2.05, 4.69) is 39.2 Å². The van der Waals surface area contributed by atoms with Crippen molar-refractivity contribution in [3.8, 4) is 5.69 Å². The van der Waals surface area contributed by atoms with E-state index < -0.39 is 5.60 Å². The van der Waals surface area contributed by atoms with Crippen LogP contribution in [0.2, 0.25) is 0 Å². The van der Waals surface area contributed by atoms with Gasteiger partial charge < -0.3 is 10.0 Å². The van der Waals surface area contributed by atoms with Crippen molar-refractivity contribution in [2.75, 3.05) is 33.7 Å². The number of likely N-dealkylation sites (N-methyl/N-ethyl adjacent to an activating group) is 1. The van der Waals surface area contributed by atoms with Crippen LogP contribution in [-0.4, -0.2) is 64.0 Å². The predicted molar refractivity (Wildman–Crippen MR) is 87.0 cm³/mol. The van der Waals surface area contributed by atoms with Crippen molar-refractivity contribution in [1.29, 1.82) is 0 Å². The van der Waals surface area contributed by atoms with Crippen LogP contribution in [0, 0.1) is 0 Å². The van der Waals surface area contributed by atoms with Crippen LogP contribution in [0.25, 0.3) is 5.69 Å². The molecule has 1 saturated heterocycles. The Morgan fingerprint density at radius 3 is 2.91 bits per heavy atom. The first-order chi connectivity index (χ1) is 10.5. The van der Waals surface area contributed by atoms with Gasteiger partial charge in [0.15, 0.2) is 0 Å². The van der Waals surface area contributed by atoms with E-state index in [1.54, 1.807) is 6.20 Å². The number of likely N-dealkylation sites (tertiary alicyclic amines) is 1. The monoisotopic (exact) mass is 300 g/mol. The highest BCUT2D eigenvalue weighted by Crippen LogP contribution is 2.24. The van der Waals surface area contributed by atoms with Gasteiger partial charge in [-0.05, 0) is 44.3 Å². The summed E-state index contributed by atoms with van der Waals surface area (Å²) >= 11 is 0. The van der Waals surface area contributed by atoms with Crippen LogP contribution in [-0.2, 0) is 6.54 Å². The second kappa shape index (κ2) is 6.20. The fraction of sp³-hybridized carbons (Fsp3) is 0.471. The van der Waals surface area contributed by atoms with Gasteiger partial charge in [-0.25, -0.2) is 4.68 Å². The van der Waals surface area contributed by atoms with Gasteiger partial charge in [0.25, 0.3) is 0 Å². The Kier molecular flexibility index (Phi) is 4.29. The number of aromatic nitrogens is 2. The van der Waals surface area contributed by atoms with Crippen molar-refractivity contribution < 1.29 is 5.11 Å². The first-order valence-electron chi connectivity index (χ1n) is 7.73. The van der Waals surface area contributed by atoms with Gasteiger partial charge in [0.1, 0.15) is 0 Å². The van der Waals surface area contributed by atoms with E-state index in [9.17, 15) is 5.11 Å². The molecule has 1 aromatic carbocycles. The summed E-state index contributed by atoms with van der Waals surface area (Å²) in [6.07, 6.45) is 4.57. The minimum Gasteiger partial charge on any atom is -0.387 e. The van der Waals surface area contributed by atoms with Crippen LogP contribution in [0.4, 0.5) is 0 Å². The standard InChI is InChI=1S/C17H24N4O/c1-19(2)13-17(22)7-10-20(14-17)12-15-5-3-6-16(11-15)21-9-4-8-18-21/h3-6,8-9,11,22H,7,10,12-14H2,1-2H3/t17-/m1/s1. The molecule has 1 aliphatic rings. The van der Waals surface area contributed by atoms with Crippen molar-refractivity contribution in [2.24, 2.45) is 0 Å². The molecule has 2 heterocycles. The molecule has 2 aromatic rings. The summed E-state index contributed by atoms with van der Waals surface area (Å²) in [6, 6.07) is 10.3. The fourth-order valence-electron chi connectivity index (χ4n) is 3.27. The maximum Gasteiger partial charge on any atom is 0.0912 e. The zero-order valence-corrected chi connectivity index (χ0v) is 13.3. The number of hydrogen-bond donors (Lipinski definition) is 1. The number of rotatable bonds is 5. The topological polar surface area (TPSA) is 44.5 Å². The molecule has 22 heavy (non-hydrogen) atoms. The zero-order valence-electron chi connectivity index (χ0n) is 13.3. The largest absolute Gasteiger partial charge is 0.387 e. The summed E-state index contributed by atoms with van der Waals surface area (Å²) in [7, 11) is 4.02. The molecule has 1 fully saturated rings. The summed E-state index contributed by atoms with van der Waals surface area (Å²) in [4.78, 5) is 4.38. The Balaban J connectivity index is 1.66. The maximum absolute atomic E-state index is 10.6. The molecular weight excluding hydrogens is 276 g/mol. The minimum atomic E-state index is -0.580. The summed E-state index contributed by atoms with van der Waals surface area (Å²) in [5.41, 5.74) is 1.75. The minimum absolute atomic E-state index is 0.580. The van der Waals surface area contributed by atoms with Crippen molar-refractivity contribution in [3.63, 3.8) is 0 Å². The van der Waals surface area contributed by atoms with Crippen LogP contribution in [0.5, 0.6) is 0 Å². The molecule has 0 bridgehead atoms. The second-order valence-corrected chi connectivity index (χ2v) is 6.54. The number of β-amino-alcohol motifs (C(OH)–C–C–N with tert-alkyl or cyclic N) is 1. The molecule has 1 aromatic heterocycles. The Morgan fingerprint density at radius 2 is 2.18 bits per heavy atom. The zero-order chi connectivity index (χ0) is 15.6. The van der Waals surface area contributed by atoms with Gasteiger partial charge in [-0.1, -0.05) is 12.1 Å². The lowest BCUT2D eigenvalue weighted by atomic mass is 10.0. The van der Waals surface area contributed by atoms with Crippen LogP contribution in [0.15, 0.2) is 42.7 Å². The average Bonchev–Trinajstić information content (AvgIpc) is 3.09. The SMILES string of the molecule is CN(C)C[C@]1(O)CCN(Cc2cccc(-n3cccn3)c2)C1. The highest BCUT2D eigenvalue weighted by Gasteiger charge is 2.36. The van der Waals surface area contributed by atoms with E-state index in [1.165, 1.54) is 5.56 Å². The van der Waals surface area contributed by atoms with E-state index in [4.69, 9.17) is 0 Å². The first kappa shape index (κ1) is 15.2. The summed E-state index contributed by atoms with van der Waals surface area (Å²) in [5, 5.41) is 14.9. The third-order valence-corrected chi connectivity index (χ3v) is 4.11. The number of hydrogen-bond acceptors (Lipinski definition) is 4. The van der Waals surface area contributed by atoms with Crippen molar-refractivity contribution >= 4 is 0 Å². The molecule has 5 nitrogen and oxygen atoms in total. The smallest absolute Gasteiger partial charge is 0.0912 e. The maximum atomic E-state index is 10.6.